The Morgan fingerprint density at radius 1 is 1.37 bits per heavy atom. The van der Waals surface area contributed by atoms with Crippen LogP contribution in [0.25, 0.3) is 0 Å². The molecular formula is C15H26N2O2. The third-order valence-electron chi connectivity index (χ3n) is 3.33. The summed E-state index contributed by atoms with van der Waals surface area (Å²) in [5.74, 6) is 1.82. The molecule has 4 nitrogen and oxygen atoms in total. The molecule has 2 rings (SSSR count). The van der Waals surface area contributed by atoms with Crippen LogP contribution in [0.2, 0.25) is 0 Å². The van der Waals surface area contributed by atoms with Crippen molar-refractivity contribution in [1.29, 1.82) is 0 Å². The quantitative estimate of drug-likeness (QED) is 0.860. The van der Waals surface area contributed by atoms with Gasteiger partial charge in [0.25, 0.3) is 0 Å². The summed E-state index contributed by atoms with van der Waals surface area (Å²) in [7, 11) is 0. The highest BCUT2D eigenvalue weighted by atomic mass is 16.5. The minimum Gasteiger partial charge on any atom is -0.446 e. The van der Waals surface area contributed by atoms with E-state index in [1.165, 1.54) is 12.8 Å². The van der Waals surface area contributed by atoms with Gasteiger partial charge in [0, 0.05) is 31.5 Å². The minimum atomic E-state index is 0.148. The summed E-state index contributed by atoms with van der Waals surface area (Å²) in [6, 6.07) is 0. The normalized spacial score (nSPS) is 20.1. The van der Waals surface area contributed by atoms with Gasteiger partial charge in [-0.15, -0.1) is 0 Å². The van der Waals surface area contributed by atoms with E-state index in [4.69, 9.17) is 9.15 Å². The highest BCUT2D eigenvalue weighted by Gasteiger charge is 2.16. The average molecular weight is 266 g/mol. The van der Waals surface area contributed by atoms with Crippen molar-refractivity contribution in [3.63, 3.8) is 0 Å². The molecule has 108 valence electrons. The summed E-state index contributed by atoms with van der Waals surface area (Å²) in [4.78, 5) is 4.33. The molecule has 2 heterocycles. The summed E-state index contributed by atoms with van der Waals surface area (Å²) < 4.78 is 11.4. The number of nitrogens with one attached hydrogen (secondary N) is 1. The maximum Gasteiger partial charge on any atom is 0.195 e. The molecule has 1 aliphatic heterocycles. The average Bonchev–Trinajstić information content (AvgIpc) is 2.94. The number of oxazole rings is 1. The Balaban J connectivity index is 1.69. The van der Waals surface area contributed by atoms with Gasteiger partial charge in [-0.1, -0.05) is 0 Å². The van der Waals surface area contributed by atoms with E-state index in [-0.39, 0.29) is 5.54 Å². The van der Waals surface area contributed by atoms with Gasteiger partial charge in [0.2, 0.25) is 0 Å². The molecule has 0 radical (unpaired) electrons. The Labute approximate surface area is 115 Å². The van der Waals surface area contributed by atoms with E-state index in [1.807, 2.05) is 6.20 Å². The fourth-order valence-corrected chi connectivity index (χ4v) is 2.30. The van der Waals surface area contributed by atoms with Gasteiger partial charge in [-0.3, -0.25) is 0 Å². The van der Waals surface area contributed by atoms with Crippen molar-refractivity contribution in [3.8, 4) is 0 Å². The Morgan fingerprint density at radius 3 is 2.89 bits per heavy atom. The van der Waals surface area contributed by atoms with E-state index in [0.717, 1.165) is 44.1 Å². The lowest BCUT2D eigenvalue weighted by Gasteiger charge is -2.19. The molecule has 1 aliphatic rings. The number of hydrogen-bond acceptors (Lipinski definition) is 4. The number of rotatable bonds is 6. The molecule has 0 amide bonds. The van der Waals surface area contributed by atoms with E-state index in [0.29, 0.717) is 6.10 Å². The largest absolute Gasteiger partial charge is 0.446 e. The number of nitrogens with zero attached hydrogens (tertiary/aromatic N) is 1. The van der Waals surface area contributed by atoms with Crippen molar-refractivity contribution in [2.75, 3.05) is 13.2 Å². The second kappa shape index (κ2) is 6.53. The first kappa shape index (κ1) is 14.5. The van der Waals surface area contributed by atoms with Gasteiger partial charge in [0.1, 0.15) is 5.76 Å². The Kier molecular flexibility index (Phi) is 4.99. The monoisotopic (exact) mass is 266 g/mol. The van der Waals surface area contributed by atoms with Crippen LogP contribution in [0.4, 0.5) is 0 Å². The molecular weight excluding hydrogens is 240 g/mol. The number of aryl methyl sites for hydroxylation is 1. The van der Waals surface area contributed by atoms with Crippen molar-refractivity contribution in [3.05, 3.63) is 17.8 Å². The molecule has 1 aromatic heterocycles. The summed E-state index contributed by atoms with van der Waals surface area (Å²) in [6.07, 6.45) is 7.51. The smallest absolute Gasteiger partial charge is 0.195 e. The van der Waals surface area contributed by atoms with Gasteiger partial charge in [-0.2, -0.15) is 0 Å². The minimum absolute atomic E-state index is 0.148. The molecule has 0 aromatic carbocycles. The summed E-state index contributed by atoms with van der Waals surface area (Å²) in [6.45, 7) is 8.31. The molecule has 1 N–H and O–H groups in total. The predicted molar refractivity (Wildman–Crippen MR) is 75.3 cm³/mol. The molecule has 1 atom stereocenters. The lowest BCUT2D eigenvalue weighted by atomic mass is 10.1. The summed E-state index contributed by atoms with van der Waals surface area (Å²) in [5, 5.41) is 3.44. The van der Waals surface area contributed by atoms with Crippen LogP contribution in [0, 0.1) is 0 Å². The third-order valence-corrected chi connectivity index (χ3v) is 3.33. The van der Waals surface area contributed by atoms with E-state index in [2.05, 4.69) is 31.1 Å². The van der Waals surface area contributed by atoms with Crippen LogP contribution in [0.1, 0.15) is 51.7 Å². The number of ether oxygens (including phenoxy) is 1. The first-order chi connectivity index (χ1) is 9.03. The van der Waals surface area contributed by atoms with Gasteiger partial charge in [-0.25, -0.2) is 4.98 Å². The third kappa shape index (κ3) is 5.33. The molecule has 1 aromatic rings. The zero-order valence-corrected chi connectivity index (χ0v) is 12.4. The van der Waals surface area contributed by atoms with E-state index in [9.17, 15) is 0 Å². The van der Waals surface area contributed by atoms with Crippen LogP contribution in [0.3, 0.4) is 0 Å². The molecule has 4 heteroatoms. The fourth-order valence-electron chi connectivity index (χ4n) is 2.30. The number of aromatic nitrogens is 1. The molecule has 0 saturated carbocycles. The lowest BCUT2D eigenvalue weighted by molar-refractivity contribution is 0.103. The fraction of sp³-hybridized carbons (Fsp3) is 0.800. The SMILES string of the molecule is CC(C)(C)NCCc1ncc(CCC2CCCO2)o1. The van der Waals surface area contributed by atoms with Crippen molar-refractivity contribution in [2.24, 2.45) is 0 Å². The molecule has 0 bridgehead atoms. The van der Waals surface area contributed by atoms with Gasteiger partial charge in [0.05, 0.1) is 12.3 Å². The zero-order valence-electron chi connectivity index (χ0n) is 12.4. The van der Waals surface area contributed by atoms with Gasteiger partial charge in [-0.05, 0) is 40.0 Å². The zero-order chi connectivity index (χ0) is 13.7. The number of hydrogen-bond donors (Lipinski definition) is 1. The highest BCUT2D eigenvalue weighted by Crippen LogP contribution is 2.18. The Morgan fingerprint density at radius 2 is 2.21 bits per heavy atom. The molecule has 0 spiro atoms. The lowest BCUT2D eigenvalue weighted by Crippen LogP contribution is -2.37. The van der Waals surface area contributed by atoms with Crippen molar-refractivity contribution in [2.45, 2.75) is 64.5 Å². The van der Waals surface area contributed by atoms with Crippen molar-refractivity contribution in [1.82, 2.24) is 10.3 Å². The predicted octanol–water partition coefficient (Wildman–Crippen LogP) is 2.72. The van der Waals surface area contributed by atoms with Crippen LogP contribution in [0.5, 0.6) is 0 Å². The molecule has 1 unspecified atom stereocenters. The van der Waals surface area contributed by atoms with Gasteiger partial charge < -0.3 is 14.5 Å². The molecule has 1 fully saturated rings. The van der Waals surface area contributed by atoms with Crippen molar-refractivity contribution < 1.29 is 9.15 Å². The first-order valence-corrected chi connectivity index (χ1v) is 7.33. The van der Waals surface area contributed by atoms with Crippen LogP contribution < -0.4 is 5.32 Å². The van der Waals surface area contributed by atoms with Crippen LogP contribution >= 0.6 is 0 Å². The van der Waals surface area contributed by atoms with Crippen molar-refractivity contribution >= 4 is 0 Å². The van der Waals surface area contributed by atoms with E-state index in [1.54, 1.807) is 0 Å². The summed E-state index contributed by atoms with van der Waals surface area (Å²) in [5.41, 5.74) is 0.148. The molecule has 1 saturated heterocycles. The second-order valence-electron chi connectivity index (χ2n) is 6.32. The van der Waals surface area contributed by atoms with E-state index < -0.39 is 0 Å². The maximum atomic E-state index is 5.75. The Bertz CT molecular complexity index is 376. The first-order valence-electron chi connectivity index (χ1n) is 7.33. The standard InChI is InChI=1S/C15H26N2O2/c1-15(2,3)17-9-8-14-16-11-13(19-14)7-6-12-5-4-10-18-12/h11-12,17H,4-10H2,1-3H3. The summed E-state index contributed by atoms with van der Waals surface area (Å²) >= 11 is 0. The van der Waals surface area contributed by atoms with Crippen LogP contribution in [-0.4, -0.2) is 29.8 Å². The maximum absolute atomic E-state index is 5.75. The molecule has 0 aliphatic carbocycles. The van der Waals surface area contributed by atoms with E-state index >= 15 is 0 Å². The molecule has 19 heavy (non-hydrogen) atoms. The topological polar surface area (TPSA) is 47.3 Å². The highest BCUT2D eigenvalue weighted by molar-refractivity contribution is 4.95. The van der Waals surface area contributed by atoms with Crippen LogP contribution in [-0.2, 0) is 17.6 Å². The second-order valence-corrected chi connectivity index (χ2v) is 6.32. The van der Waals surface area contributed by atoms with Gasteiger partial charge in [0.15, 0.2) is 5.89 Å². The Hall–Kier alpha value is -0.870. The van der Waals surface area contributed by atoms with Crippen LogP contribution in [0.15, 0.2) is 10.6 Å². The van der Waals surface area contributed by atoms with Gasteiger partial charge >= 0.3 is 0 Å².